The predicted octanol–water partition coefficient (Wildman–Crippen LogP) is 1.75. The first-order chi connectivity index (χ1) is 7.86. The zero-order chi connectivity index (χ0) is 13.2. The van der Waals surface area contributed by atoms with Gasteiger partial charge in [0, 0.05) is 5.56 Å². The minimum atomic E-state index is -1.96. The molecule has 0 spiro atoms. The number of carboxylic acids is 1. The van der Waals surface area contributed by atoms with Crippen molar-refractivity contribution < 1.29 is 24.2 Å². The third-order valence-corrected chi connectivity index (χ3v) is 2.38. The standard InChI is InChI=1S/C11H10ClFO4/c1-5(12)9(14)8-6(10(15)11(16)17)3-2-4-7(8)13/h2-5,10,15H,1H3,(H,16,17). The molecule has 2 N–H and O–H groups in total. The van der Waals surface area contributed by atoms with Crippen LogP contribution >= 0.6 is 11.6 Å². The maximum absolute atomic E-state index is 13.5. The molecule has 0 radical (unpaired) electrons. The topological polar surface area (TPSA) is 74.6 Å². The van der Waals surface area contributed by atoms with Gasteiger partial charge >= 0.3 is 5.97 Å². The predicted molar refractivity (Wildman–Crippen MR) is 58.6 cm³/mol. The monoisotopic (exact) mass is 260 g/mol. The van der Waals surface area contributed by atoms with E-state index in [1.807, 2.05) is 0 Å². The molecule has 0 aliphatic carbocycles. The number of carbonyl (C=O) groups excluding carboxylic acids is 1. The number of ketones is 1. The van der Waals surface area contributed by atoms with Gasteiger partial charge in [-0.15, -0.1) is 11.6 Å². The summed E-state index contributed by atoms with van der Waals surface area (Å²) in [5.41, 5.74) is -0.778. The van der Waals surface area contributed by atoms with Gasteiger partial charge in [0.05, 0.1) is 10.9 Å². The lowest BCUT2D eigenvalue weighted by Crippen LogP contribution is -2.20. The molecule has 0 amide bonds. The summed E-state index contributed by atoms with van der Waals surface area (Å²) in [5.74, 6) is -3.23. The Morgan fingerprint density at radius 2 is 2.00 bits per heavy atom. The molecule has 0 bridgehead atoms. The molecule has 0 aromatic heterocycles. The maximum atomic E-state index is 13.5. The van der Waals surface area contributed by atoms with Gasteiger partial charge in [-0.2, -0.15) is 0 Å². The number of aliphatic hydroxyl groups excluding tert-OH is 1. The van der Waals surface area contributed by atoms with Crippen molar-refractivity contribution in [2.75, 3.05) is 0 Å². The number of rotatable bonds is 4. The molecular formula is C11H10ClFO4. The second-order valence-electron chi connectivity index (χ2n) is 3.43. The van der Waals surface area contributed by atoms with Crippen LogP contribution in [0.15, 0.2) is 18.2 Å². The average Bonchev–Trinajstić information content (AvgIpc) is 2.26. The number of hydrogen-bond donors (Lipinski definition) is 2. The Morgan fingerprint density at radius 3 is 2.47 bits per heavy atom. The SMILES string of the molecule is CC(Cl)C(=O)c1c(F)cccc1C(O)C(=O)O. The molecule has 6 heteroatoms. The number of aliphatic carboxylic acids is 1. The van der Waals surface area contributed by atoms with E-state index in [4.69, 9.17) is 16.7 Å². The van der Waals surface area contributed by atoms with Crippen LogP contribution in [-0.2, 0) is 4.79 Å². The number of Topliss-reactive ketones (excluding diaryl/α,β-unsaturated/α-hetero) is 1. The van der Waals surface area contributed by atoms with E-state index in [0.29, 0.717) is 0 Å². The van der Waals surface area contributed by atoms with Crippen molar-refractivity contribution >= 4 is 23.4 Å². The second kappa shape index (κ2) is 5.25. The van der Waals surface area contributed by atoms with Crippen LogP contribution in [0.3, 0.4) is 0 Å². The normalized spacial score (nSPS) is 14.1. The zero-order valence-corrected chi connectivity index (χ0v) is 9.61. The van der Waals surface area contributed by atoms with Crippen molar-refractivity contribution in [3.8, 4) is 0 Å². The van der Waals surface area contributed by atoms with E-state index in [1.165, 1.54) is 19.1 Å². The van der Waals surface area contributed by atoms with Crippen LogP contribution in [-0.4, -0.2) is 27.3 Å². The highest BCUT2D eigenvalue weighted by Gasteiger charge is 2.27. The first-order valence-electron chi connectivity index (χ1n) is 4.73. The first-order valence-corrected chi connectivity index (χ1v) is 5.17. The van der Waals surface area contributed by atoms with E-state index < -0.39 is 34.6 Å². The number of aliphatic hydroxyl groups is 1. The number of carbonyl (C=O) groups is 2. The van der Waals surface area contributed by atoms with E-state index in [2.05, 4.69) is 0 Å². The number of hydrogen-bond acceptors (Lipinski definition) is 3. The van der Waals surface area contributed by atoms with E-state index in [-0.39, 0.29) is 5.56 Å². The fourth-order valence-corrected chi connectivity index (χ4v) is 1.47. The van der Waals surface area contributed by atoms with Crippen molar-refractivity contribution in [3.05, 3.63) is 35.1 Å². The minimum Gasteiger partial charge on any atom is -0.479 e. The molecule has 1 aromatic carbocycles. The Morgan fingerprint density at radius 1 is 1.41 bits per heavy atom. The summed E-state index contributed by atoms with van der Waals surface area (Å²) >= 11 is 5.55. The van der Waals surface area contributed by atoms with Gasteiger partial charge in [0.25, 0.3) is 0 Å². The third-order valence-electron chi connectivity index (χ3n) is 2.18. The van der Waals surface area contributed by atoms with E-state index in [0.717, 1.165) is 6.07 Å². The van der Waals surface area contributed by atoms with Gasteiger partial charge in [0.15, 0.2) is 11.9 Å². The summed E-state index contributed by atoms with van der Waals surface area (Å²) in [6.45, 7) is 1.34. The Balaban J connectivity index is 3.36. The van der Waals surface area contributed by atoms with Gasteiger partial charge in [-0.1, -0.05) is 12.1 Å². The van der Waals surface area contributed by atoms with E-state index >= 15 is 0 Å². The Kier molecular flexibility index (Phi) is 4.20. The lowest BCUT2D eigenvalue weighted by molar-refractivity contribution is -0.146. The summed E-state index contributed by atoms with van der Waals surface area (Å²) in [6.07, 6.45) is -1.96. The molecule has 1 rings (SSSR count). The van der Waals surface area contributed by atoms with Gasteiger partial charge in [-0.05, 0) is 13.0 Å². The number of carboxylic acid groups (broad SMARTS) is 1. The van der Waals surface area contributed by atoms with Crippen LogP contribution in [0, 0.1) is 5.82 Å². The summed E-state index contributed by atoms with van der Waals surface area (Å²) in [5, 5.41) is 17.0. The lowest BCUT2D eigenvalue weighted by Gasteiger charge is -2.13. The van der Waals surface area contributed by atoms with Crippen LogP contribution in [0.2, 0.25) is 0 Å². The van der Waals surface area contributed by atoms with Crippen molar-refractivity contribution in [2.45, 2.75) is 18.4 Å². The molecule has 4 nitrogen and oxygen atoms in total. The third kappa shape index (κ3) is 2.81. The van der Waals surface area contributed by atoms with Gasteiger partial charge in [0.1, 0.15) is 5.82 Å². The number of benzene rings is 1. The van der Waals surface area contributed by atoms with Crippen molar-refractivity contribution in [1.29, 1.82) is 0 Å². The number of halogens is 2. The smallest absolute Gasteiger partial charge is 0.337 e. The highest BCUT2D eigenvalue weighted by molar-refractivity contribution is 6.33. The molecule has 2 atom stereocenters. The number of alkyl halides is 1. The van der Waals surface area contributed by atoms with Gasteiger partial charge in [-0.25, -0.2) is 9.18 Å². The molecule has 0 heterocycles. The van der Waals surface area contributed by atoms with Crippen molar-refractivity contribution in [2.24, 2.45) is 0 Å². The fraction of sp³-hybridized carbons (Fsp3) is 0.273. The minimum absolute atomic E-state index is 0.296. The quantitative estimate of drug-likeness (QED) is 0.639. The molecule has 0 aliphatic heterocycles. The first kappa shape index (κ1) is 13.6. The zero-order valence-electron chi connectivity index (χ0n) is 8.85. The molecule has 0 fully saturated rings. The molecule has 2 unspecified atom stereocenters. The molecular weight excluding hydrogens is 251 g/mol. The Labute approximate surface area is 102 Å². The molecule has 0 saturated heterocycles. The largest absolute Gasteiger partial charge is 0.479 e. The van der Waals surface area contributed by atoms with Crippen LogP contribution in [0.5, 0.6) is 0 Å². The molecule has 92 valence electrons. The summed E-state index contributed by atoms with van der Waals surface area (Å²) in [7, 11) is 0. The maximum Gasteiger partial charge on any atom is 0.337 e. The van der Waals surface area contributed by atoms with E-state index in [9.17, 15) is 19.1 Å². The molecule has 0 aliphatic rings. The Hall–Kier alpha value is -1.46. The van der Waals surface area contributed by atoms with Gasteiger partial charge < -0.3 is 10.2 Å². The van der Waals surface area contributed by atoms with Gasteiger partial charge in [-0.3, -0.25) is 4.79 Å². The highest BCUT2D eigenvalue weighted by atomic mass is 35.5. The molecule has 17 heavy (non-hydrogen) atoms. The lowest BCUT2D eigenvalue weighted by atomic mass is 9.97. The molecule has 0 saturated carbocycles. The van der Waals surface area contributed by atoms with Crippen LogP contribution in [0.25, 0.3) is 0 Å². The second-order valence-corrected chi connectivity index (χ2v) is 4.08. The van der Waals surface area contributed by atoms with Crippen LogP contribution in [0.4, 0.5) is 4.39 Å². The summed E-state index contributed by atoms with van der Waals surface area (Å²) in [6, 6.07) is 3.39. The Bertz CT molecular complexity index is 459. The fourth-order valence-electron chi connectivity index (χ4n) is 1.36. The summed E-state index contributed by atoms with van der Waals surface area (Å²) < 4.78 is 13.5. The summed E-state index contributed by atoms with van der Waals surface area (Å²) in [4.78, 5) is 22.3. The average molecular weight is 261 g/mol. The van der Waals surface area contributed by atoms with Crippen molar-refractivity contribution in [1.82, 2.24) is 0 Å². The van der Waals surface area contributed by atoms with Crippen LogP contribution in [0.1, 0.15) is 28.9 Å². The van der Waals surface area contributed by atoms with Crippen molar-refractivity contribution in [3.63, 3.8) is 0 Å². The van der Waals surface area contributed by atoms with Crippen LogP contribution < -0.4 is 0 Å². The van der Waals surface area contributed by atoms with Gasteiger partial charge in [0.2, 0.25) is 0 Å². The highest BCUT2D eigenvalue weighted by Crippen LogP contribution is 2.23. The van der Waals surface area contributed by atoms with E-state index in [1.54, 1.807) is 0 Å². The molecule has 1 aromatic rings.